The van der Waals surface area contributed by atoms with Crippen molar-refractivity contribution in [2.75, 3.05) is 11.9 Å². The summed E-state index contributed by atoms with van der Waals surface area (Å²) in [5.41, 5.74) is 2.37. The van der Waals surface area contributed by atoms with Crippen molar-refractivity contribution in [1.29, 1.82) is 0 Å². The average molecular weight is 442 g/mol. The van der Waals surface area contributed by atoms with Gasteiger partial charge in [-0.1, -0.05) is 121 Å². The van der Waals surface area contributed by atoms with Gasteiger partial charge in [-0.3, -0.25) is 0 Å². The highest BCUT2D eigenvalue weighted by atomic mass is 28.3. The molecule has 0 atom stereocenters. The number of para-hydroxylation sites is 1. The molecule has 0 heterocycles. The van der Waals surface area contributed by atoms with Crippen LogP contribution in [0.2, 0.25) is 0 Å². The van der Waals surface area contributed by atoms with Crippen LogP contribution < -0.4 is 25.6 Å². The maximum Gasteiger partial charge on any atom is 0.179 e. The second-order valence-corrected chi connectivity index (χ2v) is 12.1. The Bertz CT molecular complexity index is 1210. The molecule has 0 unspecified atom stereocenters. The first-order valence-electron chi connectivity index (χ1n) is 11.4. The van der Waals surface area contributed by atoms with E-state index in [0.29, 0.717) is 0 Å². The zero-order valence-electron chi connectivity index (χ0n) is 18.8. The van der Waals surface area contributed by atoms with Gasteiger partial charge in [-0.2, -0.15) is 0 Å². The maximum absolute atomic E-state index is 2.50. The molecule has 0 aliphatic carbocycles. The molecule has 1 nitrogen and oxygen atoms in total. The zero-order chi connectivity index (χ0) is 22.5. The second kappa shape index (κ2) is 9.31. The number of hydrogen-bond acceptors (Lipinski definition) is 1. The molecule has 0 saturated carbocycles. The third kappa shape index (κ3) is 3.90. The Morgan fingerprint density at radius 3 is 1.21 bits per heavy atom. The number of nitrogens with zero attached hydrogens (tertiary/aromatic N) is 1. The zero-order valence-corrected chi connectivity index (χ0v) is 19.8. The van der Waals surface area contributed by atoms with Gasteiger partial charge >= 0.3 is 0 Å². The summed E-state index contributed by atoms with van der Waals surface area (Å²) < 4.78 is 0. The van der Waals surface area contributed by atoms with Crippen LogP contribution in [-0.2, 0) is 0 Å². The van der Waals surface area contributed by atoms with Gasteiger partial charge in [0.1, 0.15) is 0 Å². The predicted octanol–water partition coefficient (Wildman–Crippen LogP) is 4.83. The fourth-order valence-corrected chi connectivity index (χ4v) is 9.60. The first-order valence-corrected chi connectivity index (χ1v) is 13.4. The SMILES string of the molecule is CN(c1ccccc1)c1cccc([Si](c2ccccc2)(c2ccccc2)c2ccccc2)c1. The van der Waals surface area contributed by atoms with Crippen molar-refractivity contribution in [1.82, 2.24) is 0 Å². The van der Waals surface area contributed by atoms with E-state index < -0.39 is 8.07 Å². The Balaban J connectivity index is 1.79. The van der Waals surface area contributed by atoms with Crippen LogP contribution in [0.3, 0.4) is 0 Å². The minimum absolute atomic E-state index is 1.18. The first kappa shape index (κ1) is 21.0. The topological polar surface area (TPSA) is 3.24 Å². The molecule has 2 heteroatoms. The fourth-order valence-electron chi connectivity index (χ4n) is 4.81. The van der Waals surface area contributed by atoms with Crippen LogP contribution >= 0.6 is 0 Å². The molecule has 33 heavy (non-hydrogen) atoms. The van der Waals surface area contributed by atoms with Gasteiger partial charge in [-0.25, -0.2) is 0 Å². The number of anilines is 2. The summed E-state index contributed by atoms with van der Waals surface area (Å²) in [4.78, 5) is 2.27. The van der Waals surface area contributed by atoms with E-state index in [4.69, 9.17) is 0 Å². The third-order valence-electron chi connectivity index (χ3n) is 6.43. The molecule has 0 N–H and O–H groups in total. The molecule has 0 bridgehead atoms. The molecule has 0 aliphatic rings. The van der Waals surface area contributed by atoms with Gasteiger partial charge in [0.25, 0.3) is 0 Å². The lowest BCUT2D eigenvalue weighted by molar-refractivity contribution is 1.21. The Morgan fingerprint density at radius 1 is 0.394 bits per heavy atom. The van der Waals surface area contributed by atoms with Gasteiger partial charge in [-0.15, -0.1) is 0 Å². The predicted molar refractivity (Wildman–Crippen MR) is 145 cm³/mol. The molecule has 0 radical (unpaired) electrons. The lowest BCUT2D eigenvalue weighted by Crippen LogP contribution is -2.74. The van der Waals surface area contributed by atoms with Crippen LogP contribution in [0.25, 0.3) is 0 Å². The van der Waals surface area contributed by atoms with Crippen molar-refractivity contribution >= 4 is 40.2 Å². The summed E-state index contributed by atoms with van der Waals surface area (Å²) in [6.07, 6.45) is 0. The molecular weight excluding hydrogens is 414 g/mol. The summed E-state index contributed by atoms with van der Waals surface area (Å²) in [5.74, 6) is 0. The smallest absolute Gasteiger partial charge is 0.179 e. The van der Waals surface area contributed by atoms with Gasteiger partial charge in [-0.05, 0) is 45.0 Å². The number of benzene rings is 5. The molecule has 160 valence electrons. The van der Waals surface area contributed by atoms with Crippen LogP contribution in [0.4, 0.5) is 11.4 Å². The minimum atomic E-state index is -2.50. The van der Waals surface area contributed by atoms with Crippen LogP contribution in [0.1, 0.15) is 0 Å². The monoisotopic (exact) mass is 441 g/mol. The summed E-state index contributed by atoms with van der Waals surface area (Å²) in [5, 5.41) is 5.55. The van der Waals surface area contributed by atoms with Crippen molar-refractivity contribution in [3.05, 3.63) is 146 Å². The molecule has 0 aliphatic heterocycles. The number of hydrogen-bond donors (Lipinski definition) is 0. The molecule has 0 amide bonds. The Labute approximate surface area is 197 Å². The van der Waals surface area contributed by atoms with Gasteiger partial charge < -0.3 is 4.90 Å². The van der Waals surface area contributed by atoms with E-state index in [1.807, 2.05) is 0 Å². The number of rotatable bonds is 6. The van der Waals surface area contributed by atoms with Crippen LogP contribution in [-0.4, -0.2) is 15.1 Å². The standard InChI is InChI=1S/C31H27NSi/c1-32(26-15-6-2-7-16-26)27-17-14-24-31(25-27)33(28-18-8-3-9-19-28,29-20-10-4-11-21-29)30-22-12-5-13-23-30/h2-25H,1H3. The van der Waals surface area contributed by atoms with Gasteiger partial charge in [0, 0.05) is 18.4 Å². The Morgan fingerprint density at radius 2 is 0.758 bits per heavy atom. The lowest BCUT2D eigenvalue weighted by Gasteiger charge is -2.35. The molecular formula is C31H27NSi. The normalized spacial score (nSPS) is 11.2. The van der Waals surface area contributed by atoms with Crippen molar-refractivity contribution in [2.45, 2.75) is 0 Å². The highest BCUT2D eigenvalue weighted by Crippen LogP contribution is 2.23. The summed E-state index contributed by atoms with van der Waals surface area (Å²) in [6.45, 7) is 0. The van der Waals surface area contributed by atoms with E-state index in [2.05, 4.69) is 158 Å². The molecule has 0 saturated heterocycles. The molecule has 5 aromatic carbocycles. The Kier molecular flexibility index (Phi) is 5.92. The van der Waals surface area contributed by atoms with Crippen LogP contribution in [0.5, 0.6) is 0 Å². The molecule has 0 spiro atoms. The van der Waals surface area contributed by atoms with Gasteiger partial charge in [0.15, 0.2) is 8.07 Å². The summed E-state index contributed by atoms with van der Waals surface area (Å²) in [6, 6.07) is 52.9. The van der Waals surface area contributed by atoms with E-state index >= 15 is 0 Å². The summed E-state index contributed by atoms with van der Waals surface area (Å²) >= 11 is 0. The largest absolute Gasteiger partial charge is 0.345 e. The third-order valence-corrected chi connectivity index (χ3v) is 11.2. The Hall–Kier alpha value is -3.88. The molecule has 0 fully saturated rings. The van der Waals surface area contributed by atoms with E-state index in [1.165, 1.54) is 32.1 Å². The van der Waals surface area contributed by atoms with E-state index in [0.717, 1.165) is 0 Å². The average Bonchev–Trinajstić information content (AvgIpc) is 2.91. The van der Waals surface area contributed by atoms with Crippen molar-refractivity contribution in [2.24, 2.45) is 0 Å². The van der Waals surface area contributed by atoms with E-state index in [-0.39, 0.29) is 0 Å². The van der Waals surface area contributed by atoms with Crippen molar-refractivity contribution < 1.29 is 0 Å². The highest BCUT2D eigenvalue weighted by molar-refractivity contribution is 7.19. The lowest BCUT2D eigenvalue weighted by atomic mass is 10.2. The minimum Gasteiger partial charge on any atom is -0.345 e. The fraction of sp³-hybridized carbons (Fsp3) is 0.0323. The van der Waals surface area contributed by atoms with Gasteiger partial charge in [0.05, 0.1) is 0 Å². The van der Waals surface area contributed by atoms with Gasteiger partial charge in [0.2, 0.25) is 0 Å². The van der Waals surface area contributed by atoms with Crippen molar-refractivity contribution in [3.8, 4) is 0 Å². The van der Waals surface area contributed by atoms with E-state index in [9.17, 15) is 0 Å². The maximum atomic E-state index is 2.40. The second-order valence-electron chi connectivity index (χ2n) is 8.29. The first-order chi connectivity index (χ1) is 16.3. The van der Waals surface area contributed by atoms with Crippen molar-refractivity contribution in [3.63, 3.8) is 0 Å². The van der Waals surface area contributed by atoms with Crippen LogP contribution in [0.15, 0.2) is 146 Å². The molecule has 5 aromatic rings. The van der Waals surface area contributed by atoms with Crippen LogP contribution in [0, 0.1) is 0 Å². The highest BCUT2D eigenvalue weighted by Gasteiger charge is 2.41. The molecule has 0 aromatic heterocycles. The van der Waals surface area contributed by atoms with E-state index in [1.54, 1.807) is 0 Å². The molecule has 5 rings (SSSR count). The quantitative estimate of drug-likeness (QED) is 0.269. The summed E-state index contributed by atoms with van der Waals surface area (Å²) in [7, 11) is -0.361.